The fourth-order valence-electron chi connectivity index (χ4n) is 2.25. The second kappa shape index (κ2) is 10.4. The molecule has 1 amide bonds. The van der Waals surface area contributed by atoms with Crippen molar-refractivity contribution < 1.29 is 23.9 Å². The van der Waals surface area contributed by atoms with E-state index in [2.05, 4.69) is 5.32 Å². The monoisotopic (exact) mass is 335 g/mol. The second-order valence-electron chi connectivity index (χ2n) is 5.57. The van der Waals surface area contributed by atoms with Gasteiger partial charge in [-0.25, -0.2) is 9.59 Å². The minimum Gasteiger partial charge on any atom is -0.455 e. The summed E-state index contributed by atoms with van der Waals surface area (Å²) in [6.45, 7) is 5.21. The Balaban J connectivity index is 2.45. The van der Waals surface area contributed by atoms with Crippen LogP contribution in [-0.4, -0.2) is 36.6 Å². The smallest absolute Gasteiger partial charge is 0.407 e. The predicted octanol–water partition coefficient (Wildman–Crippen LogP) is 2.84. The topological polar surface area (TPSA) is 81.7 Å². The van der Waals surface area contributed by atoms with Crippen LogP contribution in [-0.2, 0) is 19.1 Å². The number of hydrogen-bond acceptors (Lipinski definition) is 5. The number of ketones is 1. The van der Waals surface area contributed by atoms with E-state index in [1.165, 1.54) is 25.2 Å². The molecule has 0 heterocycles. The molecule has 0 aromatic carbocycles. The summed E-state index contributed by atoms with van der Waals surface area (Å²) < 4.78 is 10.0. The molecule has 0 aromatic heterocycles. The SMILES string of the molecule is CCOC(=O)N[C@H]1CCC=C(/C=C/C(=O)O[C@H](C)/C=C\C(C)=O)C1. The van der Waals surface area contributed by atoms with Gasteiger partial charge in [0, 0.05) is 12.1 Å². The van der Waals surface area contributed by atoms with E-state index in [-0.39, 0.29) is 11.8 Å². The maximum absolute atomic E-state index is 11.7. The van der Waals surface area contributed by atoms with E-state index >= 15 is 0 Å². The molecule has 0 saturated carbocycles. The summed E-state index contributed by atoms with van der Waals surface area (Å²) in [5.74, 6) is -0.571. The minimum absolute atomic E-state index is 0.00199. The Hall–Kier alpha value is -2.37. The number of rotatable bonds is 7. The zero-order valence-corrected chi connectivity index (χ0v) is 14.4. The number of nitrogens with one attached hydrogen (secondary N) is 1. The summed E-state index contributed by atoms with van der Waals surface area (Å²) in [4.78, 5) is 34.0. The third-order valence-electron chi connectivity index (χ3n) is 3.34. The molecule has 0 aromatic rings. The third-order valence-corrected chi connectivity index (χ3v) is 3.34. The van der Waals surface area contributed by atoms with E-state index in [1.54, 1.807) is 19.9 Å². The Bertz CT molecular complexity index is 548. The molecule has 6 nitrogen and oxygen atoms in total. The minimum atomic E-state index is -0.475. The number of amides is 1. The molecule has 0 aliphatic heterocycles. The van der Waals surface area contributed by atoms with Crippen LogP contribution in [0.4, 0.5) is 4.79 Å². The second-order valence-corrected chi connectivity index (χ2v) is 5.57. The van der Waals surface area contributed by atoms with Crippen molar-refractivity contribution in [3.8, 4) is 0 Å². The fraction of sp³-hybridized carbons (Fsp3) is 0.500. The maximum atomic E-state index is 11.7. The number of ether oxygens (including phenoxy) is 2. The van der Waals surface area contributed by atoms with Gasteiger partial charge >= 0.3 is 12.1 Å². The van der Waals surface area contributed by atoms with Gasteiger partial charge in [0.15, 0.2) is 5.78 Å². The van der Waals surface area contributed by atoms with E-state index in [0.29, 0.717) is 13.0 Å². The molecule has 0 bridgehead atoms. The van der Waals surface area contributed by atoms with Crippen LogP contribution in [0.15, 0.2) is 36.0 Å². The first-order valence-electron chi connectivity index (χ1n) is 8.10. The Morgan fingerprint density at radius 2 is 2.12 bits per heavy atom. The Morgan fingerprint density at radius 3 is 2.79 bits per heavy atom. The molecule has 6 heteroatoms. The quantitative estimate of drug-likeness (QED) is 0.571. The predicted molar refractivity (Wildman–Crippen MR) is 90.4 cm³/mol. The molecule has 0 fully saturated rings. The van der Waals surface area contributed by atoms with Crippen LogP contribution in [0.5, 0.6) is 0 Å². The molecular formula is C18H25NO5. The number of carbonyl (C=O) groups excluding carboxylic acids is 3. The number of alkyl carbamates (subject to hydrolysis) is 1. The van der Waals surface area contributed by atoms with Gasteiger partial charge in [0.25, 0.3) is 0 Å². The molecule has 0 radical (unpaired) electrons. The van der Waals surface area contributed by atoms with Crippen LogP contribution in [0.25, 0.3) is 0 Å². The lowest BCUT2D eigenvalue weighted by Gasteiger charge is -2.22. The van der Waals surface area contributed by atoms with Gasteiger partial charge in [-0.2, -0.15) is 0 Å². The van der Waals surface area contributed by atoms with Gasteiger partial charge in [-0.3, -0.25) is 4.79 Å². The van der Waals surface area contributed by atoms with Crippen molar-refractivity contribution >= 4 is 17.8 Å². The van der Waals surface area contributed by atoms with E-state index in [4.69, 9.17) is 9.47 Å². The Morgan fingerprint density at radius 1 is 1.38 bits per heavy atom. The van der Waals surface area contributed by atoms with Gasteiger partial charge in [0.05, 0.1) is 6.61 Å². The summed E-state index contributed by atoms with van der Waals surface area (Å²) in [7, 11) is 0. The molecular weight excluding hydrogens is 310 g/mol. The lowest BCUT2D eigenvalue weighted by molar-refractivity contribution is -0.140. The first kappa shape index (κ1) is 19.7. The van der Waals surface area contributed by atoms with Crippen LogP contribution in [0.2, 0.25) is 0 Å². The molecule has 1 N–H and O–H groups in total. The van der Waals surface area contributed by atoms with Crippen molar-refractivity contribution in [1.82, 2.24) is 5.32 Å². The van der Waals surface area contributed by atoms with E-state index in [1.807, 2.05) is 6.08 Å². The third kappa shape index (κ3) is 8.31. The normalized spacial score (nSPS) is 19.0. The summed E-state index contributed by atoms with van der Waals surface area (Å²) in [5, 5.41) is 2.80. The first-order valence-corrected chi connectivity index (χ1v) is 8.10. The van der Waals surface area contributed by atoms with Crippen molar-refractivity contribution in [2.45, 2.75) is 52.2 Å². The number of carbonyl (C=O) groups is 3. The highest BCUT2D eigenvalue weighted by atomic mass is 16.5. The summed E-state index contributed by atoms with van der Waals surface area (Å²) in [6, 6.07) is 0.00199. The molecule has 1 aliphatic rings. The van der Waals surface area contributed by atoms with Crippen molar-refractivity contribution in [2.24, 2.45) is 0 Å². The fourth-order valence-corrected chi connectivity index (χ4v) is 2.25. The lowest BCUT2D eigenvalue weighted by atomic mass is 9.94. The molecule has 0 saturated heterocycles. The van der Waals surface area contributed by atoms with Gasteiger partial charge in [0.1, 0.15) is 6.10 Å². The highest BCUT2D eigenvalue weighted by Gasteiger charge is 2.17. The molecule has 0 spiro atoms. The Kier molecular flexibility index (Phi) is 8.54. The molecule has 0 unspecified atom stereocenters. The highest BCUT2D eigenvalue weighted by Crippen LogP contribution is 2.19. The van der Waals surface area contributed by atoms with Crippen molar-refractivity contribution in [2.75, 3.05) is 6.61 Å². The lowest BCUT2D eigenvalue weighted by Crippen LogP contribution is -2.36. The average Bonchev–Trinajstić information content (AvgIpc) is 2.51. The van der Waals surface area contributed by atoms with Crippen LogP contribution in [0.1, 0.15) is 40.0 Å². The van der Waals surface area contributed by atoms with Gasteiger partial charge < -0.3 is 14.8 Å². The van der Waals surface area contributed by atoms with Gasteiger partial charge in [-0.05, 0) is 57.8 Å². The largest absolute Gasteiger partial charge is 0.455 e. The van der Waals surface area contributed by atoms with Gasteiger partial charge in [-0.1, -0.05) is 12.2 Å². The number of esters is 1. The number of allylic oxidation sites excluding steroid dienone is 3. The highest BCUT2D eigenvalue weighted by molar-refractivity contribution is 5.87. The first-order chi connectivity index (χ1) is 11.4. The summed E-state index contributed by atoms with van der Waals surface area (Å²) >= 11 is 0. The molecule has 1 rings (SSSR count). The average molecular weight is 335 g/mol. The van der Waals surface area contributed by atoms with Crippen LogP contribution in [0, 0.1) is 0 Å². The van der Waals surface area contributed by atoms with Gasteiger partial charge in [0.2, 0.25) is 0 Å². The standard InChI is InChI=1S/C18H25NO5/c1-4-23-18(22)19-16-7-5-6-15(12-16)10-11-17(21)24-14(3)9-8-13(2)20/h6,8-11,14,16H,4-5,7,12H2,1-3H3,(H,19,22)/b9-8-,11-10+/t14-,16+/m1/s1. The molecule has 24 heavy (non-hydrogen) atoms. The van der Waals surface area contributed by atoms with Crippen LogP contribution >= 0.6 is 0 Å². The number of hydrogen-bond donors (Lipinski definition) is 1. The van der Waals surface area contributed by atoms with E-state index in [9.17, 15) is 14.4 Å². The zero-order valence-electron chi connectivity index (χ0n) is 14.4. The molecule has 132 valence electrons. The zero-order chi connectivity index (χ0) is 17.9. The van der Waals surface area contributed by atoms with E-state index < -0.39 is 18.2 Å². The van der Waals surface area contributed by atoms with Crippen molar-refractivity contribution in [3.05, 3.63) is 36.0 Å². The maximum Gasteiger partial charge on any atom is 0.407 e. The van der Waals surface area contributed by atoms with Crippen molar-refractivity contribution in [3.63, 3.8) is 0 Å². The summed E-state index contributed by atoms with van der Waals surface area (Å²) in [5.41, 5.74) is 0.965. The molecule has 1 aliphatic carbocycles. The molecule has 2 atom stereocenters. The van der Waals surface area contributed by atoms with E-state index in [0.717, 1.165) is 18.4 Å². The van der Waals surface area contributed by atoms with Crippen LogP contribution < -0.4 is 5.32 Å². The van der Waals surface area contributed by atoms with Gasteiger partial charge in [-0.15, -0.1) is 0 Å². The Labute approximate surface area is 142 Å². The van der Waals surface area contributed by atoms with Crippen molar-refractivity contribution in [1.29, 1.82) is 0 Å². The summed E-state index contributed by atoms with van der Waals surface area (Å²) in [6.07, 6.45) is 9.41. The van der Waals surface area contributed by atoms with Crippen LogP contribution in [0.3, 0.4) is 0 Å².